The summed E-state index contributed by atoms with van der Waals surface area (Å²) < 4.78 is 52.4. The lowest BCUT2D eigenvalue weighted by molar-refractivity contribution is -0.346. The van der Waals surface area contributed by atoms with Crippen molar-refractivity contribution >= 4 is 76.7 Å². The average Bonchev–Trinajstić information content (AvgIpc) is 3.56. The SMILES string of the molecule is CC(=O)OC1C(=O)[C@]2(C)C(OC(=O)OCC(Cl)(Cl)Cl)CC3OCC3(OC(C)=O)C2C(OC(=O)c2ccccc2)C2(O)CC(OC(=O)[C@@H]3OC(C)(C)N(C(=O)OC(C)(C)C)C3c3ccccc3)C(C)=C1C2(C)C. The van der Waals surface area contributed by atoms with E-state index >= 15 is 9.59 Å². The van der Waals surface area contributed by atoms with E-state index in [4.69, 9.17) is 77.4 Å². The van der Waals surface area contributed by atoms with Crippen LogP contribution in [-0.4, -0.2) is 128 Å². The van der Waals surface area contributed by atoms with Crippen molar-refractivity contribution in [1.82, 2.24) is 4.90 Å². The number of ether oxygens (including phenoxy) is 9. The van der Waals surface area contributed by atoms with Crippen LogP contribution in [-0.2, 0) is 61.8 Å². The van der Waals surface area contributed by atoms with Gasteiger partial charge in [0.25, 0.3) is 0 Å². The molecule has 2 bridgehead atoms. The van der Waals surface area contributed by atoms with Crippen molar-refractivity contribution in [3.05, 3.63) is 82.9 Å². The average molecular weight is 1070 g/mol. The number of hydrogen-bond donors (Lipinski definition) is 1. The molecule has 21 heteroatoms. The molecule has 0 aromatic heterocycles. The molecule has 2 heterocycles. The number of rotatable bonds is 9. The molecule has 3 aliphatic carbocycles. The molecular formula is C51H60Cl3NO17. The van der Waals surface area contributed by atoms with E-state index in [9.17, 15) is 29.1 Å². The van der Waals surface area contributed by atoms with Gasteiger partial charge < -0.3 is 47.7 Å². The summed E-state index contributed by atoms with van der Waals surface area (Å²) in [5, 5.41) is 14.1. The van der Waals surface area contributed by atoms with Crippen LogP contribution in [0.4, 0.5) is 9.59 Å². The Morgan fingerprint density at radius 1 is 0.847 bits per heavy atom. The molecule has 0 radical (unpaired) electrons. The zero-order valence-corrected chi connectivity index (χ0v) is 44.0. The Balaban J connectivity index is 1.44. The number of amides is 1. The van der Waals surface area contributed by atoms with Gasteiger partial charge in [0.05, 0.1) is 23.5 Å². The summed E-state index contributed by atoms with van der Waals surface area (Å²) >= 11 is 17.7. The van der Waals surface area contributed by atoms with Crippen LogP contribution in [0, 0.1) is 16.7 Å². The summed E-state index contributed by atoms with van der Waals surface area (Å²) in [5.41, 5.74) is -10.2. The minimum Gasteiger partial charge on any atom is -0.456 e. The highest BCUT2D eigenvalue weighted by Crippen LogP contribution is 2.65. The van der Waals surface area contributed by atoms with E-state index in [0.717, 1.165) is 13.8 Å². The number of aliphatic hydroxyl groups is 1. The molecule has 1 amide bonds. The van der Waals surface area contributed by atoms with E-state index in [0.29, 0.717) is 5.56 Å². The maximum absolute atomic E-state index is 16.2. The van der Waals surface area contributed by atoms with Gasteiger partial charge in [0.15, 0.2) is 23.6 Å². The van der Waals surface area contributed by atoms with Gasteiger partial charge in [-0.2, -0.15) is 0 Å². The van der Waals surface area contributed by atoms with Crippen LogP contribution in [0.15, 0.2) is 71.8 Å². The summed E-state index contributed by atoms with van der Waals surface area (Å²) in [6, 6.07) is 15.2. The molecule has 2 aliphatic heterocycles. The molecule has 2 saturated heterocycles. The molecule has 392 valence electrons. The van der Waals surface area contributed by atoms with Crippen LogP contribution in [0.5, 0.6) is 0 Å². The number of esters is 4. The smallest absolute Gasteiger partial charge is 0.456 e. The first-order chi connectivity index (χ1) is 33.3. The van der Waals surface area contributed by atoms with Gasteiger partial charge in [-0.3, -0.25) is 19.3 Å². The Morgan fingerprint density at radius 2 is 1.46 bits per heavy atom. The lowest BCUT2D eigenvalue weighted by Crippen LogP contribution is -2.82. The number of benzene rings is 2. The fourth-order valence-electron chi connectivity index (χ4n) is 11.4. The van der Waals surface area contributed by atoms with E-state index in [1.54, 1.807) is 97.0 Å². The maximum Gasteiger partial charge on any atom is 0.508 e. The fourth-order valence-corrected chi connectivity index (χ4v) is 11.5. The zero-order valence-electron chi connectivity index (χ0n) is 41.8. The number of hydrogen-bond acceptors (Lipinski definition) is 17. The van der Waals surface area contributed by atoms with Crippen LogP contribution < -0.4 is 0 Å². The Kier molecular flexibility index (Phi) is 14.7. The Bertz CT molecular complexity index is 2520. The van der Waals surface area contributed by atoms with Crippen LogP contribution in [0.25, 0.3) is 0 Å². The molecule has 2 aromatic carbocycles. The highest BCUT2D eigenvalue weighted by molar-refractivity contribution is 6.67. The molecule has 11 atom stereocenters. The number of nitrogens with zero attached hydrogens (tertiary/aromatic N) is 1. The number of Topliss-reactive ketones (excluding diaryl/α,β-unsaturated/α-hetero) is 1. The van der Waals surface area contributed by atoms with E-state index in [2.05, 4.69) is 0 Å². The van der Waals surface area contributed by atoms with Crippen molar-refractivity contribution in [2.45, 2.75) is 158 Å². The number of fused-ring (bicyclic) bond motifs is 5. The van der Waals surface area contributed by atoms with E-state index < -0.39 is 147 Å². The van der Waals surface area contributed by atoms with Gasteiger partial charge in [-0.1, -0.05) is 97.2 Å². The maximum atomic E-state index is 16.2. The number of halogens is 3. The fraction of sp³-hybridized carbons (Fsp3) is 0.588. The standard InChI is InChI=1S/C51H60Cl3NO17/c1-26-31(67-42(60)37-35(29-18-14-12-15-19-29)55(47(9,10)71-37)43(61)72-45(4,5)6)23-50(63)40(69-41(59)30-20-16-13-17-21-30)38-48(11,39(58)36(66-27(2)56)34(26)46(50,7)8)32(68-44(62)65-25-51(52,53)54)22-33-49(38,24-64-33)70-28(3)57/h12-21,31-33,35-38,40,63H,22-25H2,1-11H3/t31?,32?,33?,35?,36?,37-,38?,40?,48-,49?,50?/m1/s1. The second-order valence-electron chi connectivity index (χ2n) is 21.1. The molecule has 9 unspecified atom stereocenters. The van der Waals surface area contributed by atoms with E-state index in [1.807, 2.05) is 0 Å². The highest BCUT2D eigenvalue weighted by Gasteiger charge is 2.79. The van der Waals surface area contributed by atoms with E-state index in [-0.39, 0.29) is 23.1 Å². The largest absolute Gasteiger partial charge is 0.508 e. The molecule has 7 rings (SSSR count). The lowest BCUT2D eigenvalue weighted by Gasteiger charge is -2.67. The highest BCUT2D eigenvalue weighted by atomic mass is 35.6. The second-order valence-corrected chi connectivity index (χ2v) is 23.6. The van der Waals surface area contributed by atoms with Gasteiger partial charge in [0, 0.05) is 32.1 Å². The van der Waals surface area contributed by atoms with Crippen molar-refractivity contribution in [1.29, 1.82) is 0 Å². The number of alkyl halides is 3. The Labute approximate surface area is 432 Å². The molecule has 0 spiro atoms. The molecule has 2 saturated carbocycles. The van der Waals surface area contributed by atoms with Gasteiger partial charge in [-0.25, -0.2) is 19.2 Å². The monoisotopic (exact) mass is 1060 g/mol. The molecule has 18 nitrogen and oxygen atoms in total. The molecular weight excluding hydrogens is 1000 g/mol. The van der Waals surface area contributed by atoms with Crippen LogP contribution >= 0.6 is 34.8 Å². The second kappa shape index (κ2) is 19.4. The topological polar surface area (TPSA) is 226 Å². The first kappa shape index (κ1) is 54.8. The summed E-state index contributed by atoms with van der Waals surface area (Å²) in [5.74, 6) is -6.47. The zero-order chi connectivity index (χ0) is 53.3. The third-order valence-electron chi connectivity index (χ3n) is 14.5. The lowest BCUT2D eigenvalue weighted by atomic mass is 9.44. The minimum absolute atomic E-state index is 0.0156. The molecule has 5 aliphatic rings. The Hall–Kier alpha value is -4.98. The number of carbonyl (C=O) groups excluding carboxylic acids is 7. The van der Waals surface area contributed by atoms with Crippen molar-refractivity contribution in [2.24, 2.45) is 16.7 Å². The third kappa shape index (κ3) is 9.91. The van der Waals surface area contributed by atoms with Crippen molar-refractivity contribution in [3.8, 4) is 0 Å². The number of carbonyl (C=O) groups is 7. The van der Waals surface area contributed by atoms with Crippen molar-refractivity contribution < 1.29 is 81.3 Å². The Morgan fingerprint density at radius 3 is 2.00 bits per heavy atom. The molecule has 1 N–H and O–H groups in total. The summed E-state index contributed by atoms with van der Waals surface area (Å²) in [6.07, 6.45) is -12.9. The van der Waals surface area contributed by atoms with E-state index in [1.165, 1.54) is 30.9 Å². The predicted octanol–water partition coefficient (Wildman–Crippen LogP) is 7.85. The van der Waals surface area contributed by atoms with Crippen LogP contribution in [0.1, 0.15) is 111 Å². The number of ketones is 1. The summed E-state index contributed by atoms with van der Waals surface area (Å²) in [4.78, 5) is 101. The van der Waals surface area contributed by atoms with Gasteiger partial charge in [-0.05, 0) is 77.3 Å². The van der Waals surface area contributed by atoms with Gasteiger partial charge in [0.2, 0.25) is 3.79 Å². The van der Waals surface area contributed by atoms with Gasteiger partial charge in [0.1, 0.15) is 54.0 Å². The third-order valence-corrected chi connectivity index (χ3v) is 14.9. The molecule has 2 aromatic rings. The van der Waals surface area contributed by atoms with Gasteiger partial charge in [-0.15, -0.1) is 0 Å². The molecule has 4 fully saturated rings. The molecule has 72 heavy (non-hydrogen) atoms. The van der Waals surface area contributed by atoms with Crippen molar-refractivity contribution in [2.75, 3.05) is 13.2 Å². The quantitative estimate of drug-likeness (QED) is 0.109. The van der Waals surface area contributed by atoms with Crippen LogP contribution in [0.2, 0.25) is 0 Å². The normalized spacial score (nSPS) is 32.5. The summed E-state index contributed by atoms with van der Waals surface area (Å²) in [7, 11) is 0. The van der Waals surface area contributed by atoms with Crippen molar-refractivity contribution in [3.63, 3.8) is 0 Å². The van der Waals surface area contributed by atoms with Gasteiger partial charge >= 0.3 is 36.1 Å². The first-order valence-electron chi connectivity index (χ1n) is 23.4. The summed E-state index contributed by atoms with van der Waals surface area (Å²) in [6.45, 7) is 15.2. The first-order valence-corrected chi connectivity index (χ1v) is 24.5. The predicted molar refractivity (Wildman–Crippen MR) is 255 cm³/mol. The van der Waals surface area contributed by atoms with Crippen LogP contribution in [0.3, 0.4) is 0 Å². The minimum atomic E-state index is -2.50.